The molecular weight excluding hydrogens is 345 g/mol. The largest absolute Gasteiger partial charge is 0.323 e. The number of nitrogens with zero attached hydrogens (tertiary/aromatic N) is 1. The molecule has 0 aromatic heterocycles. The number of aryl methyl sites for hydroxylation is 2. The Labute approximate surface area is 149 Å². The minimum absolute atomic E-state index is 0.0658. The van der Waals surface area contributed by atoms with Gasteiger partial charge >= 0.3 is 0 Å². The number of amides is 2. The third-order valence-corrected chi connectivity index (χ3v) is 3.89. The lowest BCUT2D eigenvalue weighted by Gasteiger charge is -2.23. The molecule has 0 saturated heterocycles. The summed E-state index contributed by atoms with van der Waals surface area (Å²) < 4.78 is 39.7. The summed E-state index contributed by atoms with van der Waals surface area (Å²) in [6.45, 7) is 5.23. The topological polar surface area (TPSA) is 49.4 Å². The fraction of sp³-hybridized carbons (Fsp3) is 0.263. The molecule has 0 aliphatic heterocycles. The van der Waals surface area contributed by atoms with Gasteiger partial charge in [0.2, 0.25) is 11.8 Å². The Kier molecular flexibility index (Phi) is 6.02. The molecule has 26 heavy (non-hydrogen) atoms. The summed E-state index contributed by atoms with van der Waals surface area (Å²) in [6.07, 6.45) is -0.134. The Bertz CT molecular complexity index is 853. The van der Waals surface area contributed by atoms with Crippen molar-refractivity contribution in [3.63, 3.8) is 0 Å². The van der Waals surface area contributed by atoms with Crippen molar-refractivity contribution in [2.45, 2.75) is 27.2 Å². The number of carbonyl (C=O) groups excluding carboxylic acids is 2. The molecule has 0 fully saturated rings. The summed E-state index contributed by atoms with van der Waals surface area (Å²) in [5.74, 6) is -5.31. The van der Waals surface area contributed by atoms with Crippen LogP contribution in [0.25, 0.3) is 0 Å². The average Bonchev–Trinajstić information content (AvgIpc) is 2.57. The quantitative estimate of drug-likeness (QED) is 0.812. The van der Waals surface area contributed by atoms with Gasteiger partial charge in [0.25, 0.3) is 0 Å². The lowest BCUT2D eigenvalue weighted by molar-refractivity contribution is -0.117. The SMILES string of the molecule is CC(=O)N(CCC(=O)Nc1ccc(F)c(F)c1F)c1ccc(C)cc1C. The van der Waals surface area contributed by atoms with Crippen LogP contribution >= 0.6 is 0 Å². The number of carbonyl (C=O) groups is 2. The van der Waals surface area contributed by atoms with Crippen LogP contribution in [0.2, 0.25) is 0 Å². The summed E-state index contributed by atoms with van der Waals surface area (Å²) >= 11 is 0. The molecule has 0 aliphatic rings. The first-order chi connectivity index (χ1) is 12.2. The zero-order valence-corrected chi connectivity index (χ0v) is 14.7. The van der Waals surface area contributed by atoms with Gasteiger partial charge in [-0.3, -0.25) is 9.59 Å². The van der Waals surface area contributed by atoms with Crippen molar-refractivity contribution in [2.24, 2.45) is 0 Å². The maximum atomic E-state index is 13.6. The Hall–Kier alpha value is -2.83. The van der Waals surface area contributed by atoms with E-state index in [-0.39, 0.29) is 18.9 Å². The minimum Gasteiger partial charge on any atom is -0.323 e. The molecular formula is C19H19F3N2O2. The van der Waals surface area contributed by atoms with E-state index in [9.17, 15) is 22.8 Å². The molecule has 2 aromatic rings. The van der Waals surface area contributed by atoms with Crippen molar-refractivity contribution >= 4 is 23.2 Å². The zero-order valence-electron chi connectivity index (χ0n) is 14.7. The van der Waals surface area contributed by atoms with Crippen molar-refractivity contribution in [3.05, 3.63) is 58.9 Å². The highest BCUT2D eigenvalue weighted by Crippen LogP contribution is 2.22. The molecule has 2 amide bonds. The van der Waals surface area contributed by atoms with Gasteiger partial charge in [-0.25, -0.2) is 13.2 Å². The molecule has 0 bridgehead atoms. The van der Waals surface area contributed by atoms with Gasteiger partial charge in [-0.2, -0.15) is 0 Å². The summed E-state index contributed by atoms with van der Waals surface area (Å²) in [4.78, 5) is 25.4. The second-order valence-corrected chi connectivity index (χ2v) is 5.98. The van der Waals surface area contributed by atoms with Crippen LogP contribution in [0.5, 0.6) is 0 Å². The monoisotopic (exact) mass is 364 g/mol. The van der Waals surface area contributed by atoms with E-state index in [0.29, 0.717) is 5.69 Å². The molecule has 0 heterocycles. The first-order valence-corrected chi connectivity index (χ1v) is 7.99. The zero-order chi connectivity index (χ0) is 19.4. The Balaban J connectivity index is 2.09. The van der Waals surface area contributed by atoms with Crippen LogP contribution in [-0.2, 0) is 9.59 Å². The third kappa shape index (κ3) is 4.41. The summed E-state index contributed by atoms with van der Waals surface area (Å²) in [7, 11) is 0. The van der Waals surface area contributed by atoms with Crippen LogP contribution in [0.4, 0.5) is 24.5 Å². The third-order valence-electron chi connectivity index (χ3n) is 3.89. The van der Waals surface area contributed by atoms with E-state index >= 15 is 0 Å². The predicted octanol–water partition coefficient (Wildman–Crippen LogP) is 4.10. The number of rotatable bonds is 5. The summed E-state index contributed by atoms with van der Waals surface area (Å²) in [5, 5.41) is 2.19. The van der Waals surface area contributed by atoms with Crippen molar-refractivity contribution < 1.29 is 22.8 Å². The molecule has 0 unspecified atom stereocenters. The van der Waals surface area contributed by atoms with Crippen molar-refractivity contribution in [1.82, 2.24) is 0 Å². The molecule has 0 saturated carbocycles. The van der Waals surface area contributed by atoms with E-state index in [4.69, 9.17) is 0 Å². The maximum absolute atomic E-state index is 13.6. The van der Waals surface area contributed by atoms with Gasteiger partial charge in [-0.15, -0.1) is 0 Å². The molecule has 0 spiro atoms. The van der Waals surface area contributed by atoms with Gasteiger partial charge in [-0.1, -0.05) is 17.7 Å². The lowest BCUT2D eigenvalue weighted by Crippen LogP contribution is -2.32. The van der Waals surface area contributed by atoms with E-state index in [1.54, 1.807) is 6.07 Å². The number of nitrogens with one attached hydrogen (secondary N) is 1. The molecule has 7 heteroatoms. The van der Waals surface area contributed by atoms with Gasteiger partial charge in [0.15, 0.2) is 17.5 Å². The van der Waals surface area contributed by atoms with Crippen LogP contribution in [0.3, 0.4) is 0 Å². The molecule has 2 rings (SSSR count). The first kappa shape index (κ1) is 19.5. The molecule has 1 N–H and O–H groups in total. The van der Waals surface area contributed by atoms with Crippen LogP contribution in [0, 0.1) is 31.3 Å². The van der Waals surface area contributed by atoms with E-state index in [1.807, 2.05) is 26.0 Å². The Morgan fingerprint density at radius 3 is 2.35 bits per heavy atom. The first-order valence-electron chi connectivity index (χ1n) is 7.99. The highest BCUT2D eigenvalue weighted by molar-refractivity contribution is 5.95. The van der Waals surface area contributed by atoms with Crippen LogP contribution in [0.1, 0.15) is 24.5 Å². The van der Waals surface area contributed by atoms with E-state index in [2.05, 4.69) is 5.32 Å². The number of halogens is 3. The second-order valence-electron chi connectivity index (χ2n) is 5.98. The van der Waals surface area contributed by atoms with Gasteiger partial charge in [-0.05, 0) is 37.6 Å². The van der Waals surface area contributed by atoms with Crippen LogP contribution < -0.4 is 10.2 Å². The minimum atomic E-state index is -1.65. The standard InChI is InChI=1S/C19H19F3N2O2/c1-11-4-7-16(12(2)10-11)24(13(3)25)9-8-17(26)23-15-6-5-14(20)18(21)19(15)22/h4-7,10H,8-9H2,1-3H3,(H,23,26). The fourth-order valence-corrected chi connectivity index (χ4v) is 2.60. The highest BCUT2D eigenvalue weighted by atomic mass is 19.2. The van der Waals surface area contributed by atoms with Crippen molar-refractivity contribution in [3.8, 4) is 0 Å². The second kappa shape index (κ2) is 8.03. The number of hydrogen-bond donors (Lipinski definition) is 1. The highest BCUT2D eigenvalue weighted by Gasteiger charge is 2.18. The molecule has 0 atom stereocenters. The number of hydrogen-bond acceptors (Lipinski definition) is 2. The maximum Gasteiger partial charge on any atom is 0.226 e. The van der Waals surface area contributed by atoms with Crippen molar-refractivity contribution in [2.75, 3.05) is 16.8 Å². The molecule has 0 radical (unpaired) electrons. The van der Waals surface area contributed by atoms with Crippen LogP contribution in [-0.4, -0.2) is 18.4 Å². The van der Waals surface area contributed by atoms with Crippen molar-refractivity contribution in [1.29, 1.82) is 0 Å². The van der Waals surface area contributed by atoms with Crippen LogP contribution in [0.15, 0.2) is 30.3 Å². The Morgan fingerprint density at radius 1 is 1.04 bits per heavy atom. The number of benzene rings is 2. The smallest absolute Gasteiger partial charge is 0.226 e. The normalized spacial score (nSPS) is 10.5. The number of anilines is 2. The average molecular weight is 364 g/mol. The molecule has 138 valence electrons. The van der Waals surface area contributed by atoms with E-state index in [0.717, 1.165) is 23.3 Å². The van der Waals surface area contributed by atoms with Gasteiger partial charge in [0, 0.05) is 25.6 Å². The van der Waals surface area contributed by atoms with Gasteiger partial charge in [0.1, 0.15) is 0 Å². The van der Waals surface area contributed by atoms with Gasteiger partial charge in [0.05, 0.1) is 5.69 Å². The molecule has 4 nitrogen and oxygen atoms in total. The summed E-state index contributed by atoms with van der Waals surface area (Å²) in [6, 6.07) is 7.24. The predicted molar refractivity (Wildman–Crippen MR) is 93.5 cm³/mol. The molecule has 0 aliphatic carbocycles. The van der Waals surface area contributed by atoms with E-state index in [1.165, 1.54) is 11.8 Å². The Morgan fingerprint density at radius 2 is 1.73 bits per heavy atom. The van der Waals surface area contributed by atoms with Gasteiger partial charge < -0.3 is 10.2 Å². The summed E-state index contributed by atoms with van der Waals surface area (Å²) in [5.41, 5.74) is 2.15. The van der Waals surface area contributed by atoms with E-state index < -0.39 is 29.0 Å². The lowest BCUT2D eigenvalue weighted by atomic mass is 10.1. The molecule has 2 aromatic carbocycles. The fourth-order valence-electron chi connectivity index (χ4n) is 2.60.